The third kappa shape index (κ3) is 4.58. The minimum absolute atomic E-state index is 0.100. The highest BCUT2D eigenvalue weighted by atomic mass is 16.5. The fraction of sp³-hybridized carbons (Fsp3) is 0.304. The van der Waals surface area contributed by atoms with Crippen LogP contribution in [0.25, 0.3) is 5.57 Å². The number of carbonyl (C=O) groups is 2. The summed E-state index contributed by atoms with van der Waals surface area (Å²) in [6.07, 6.45) is 1.88. The second-order valence-electron chi connectivity index (χ2n) is 7.50. The van der Waals surface area contributed by atoms with Gasteiger partial charge in [0.15, 0.2) is 11.5 Å². The van der Waals surface area contributed by atoms with Gasteiger partial charge in [-0.25, -0.2) is 4.79 Å². The number of methoxy groups -OCH3 is 2. The van der Waals surface area contributed by atoms with Gasteiger partial charge in [-0.15, -0.1) is 0 Å². The average Bonchev–Trinajstić information content (AvgIpc) is 3.05. The number of anilines is 3. The molecule has 1 aliphatic rings. The van der Waals surface area contributed by atoms with Gasteiger partial charge in [0, 0.05) is 55.8 Å². The summed E-state index contributed by atoms with van der Waals surface area (Å²) < 4.78 is 10.7. The van der Waals surface area contributed by atoms with Gasteiger partial charge in [-0.1, -0.05) is 0 Å². The molecule has 0 aliphatic carbocycles. The molecule has 0 saturated carbocycles. The lowest BCUT2D eigenvalue weighted by Gasteiger charge is -2.22. The summed E-state index contributed by atoms with van der Waals surface area (Å²) in [6, 6.07) is 10.9. The predicted molar refractivity (Wildman–Crippen MR) is 123 cm³/mol. The van der Waals surface area contributed by atoms with E-state index in [9.17, 15) is 9.59 Å². The summed E-state index contributed by atoms with van der Waals surface area (Å²) >= 11 is 0. The van der Waals surface area contributed by atoms with Gasteiger partial charge in [0.1, 0.15) is 0 Å². The molecule has 0 radical (unpaired) electrons. The van der Waals surface area contributed by atoms with E-state index in [4.69, 9.17) is 9.47 Å². The Bertz CT molecular complexity index is 1010. The summed E-state index contributed by atoms with van der Waals surface area (Å²) in [5.74, 6) is 0.959. The second kappa shape index (κ2) is 8.99. The van der Waals surface area contributed by atoms with Crippen LogP contribution in [0.5, 0.6) is 11.5 Å². The molecule has 31 heavy (non-hydrogen) atoms. The maximum absolute atomic E-state index is 12.5. The number of fused-ring (bicyclic) bond motifs is 1. The van der Waals surface area contributed by atoms with E-state index in [1.54, 1.807) is 52.4 Å². The number of nitrogens with one attached hydrogen (secondary N) is 2. The Kier molecular flexibility index (Phi) is 6.39. The second-order valence-corrected chi connectivity index (χ2v) is 7.50. The first-order valence-corrected chi connectivity index (χ1v) is 9.86. The van der Waals surface area contributed by atoms with Gasteiger partial charge in [-0.3, -0.25) is 9.69 Å². The molecule has 2 aromatic rings. The van der Waals surface area contributed by atoms with E-state index in [-0.39, 0.29) is 18.0 Å². The number of hydrogen-bond donors (Lipinski definition) is 2. The SMILES string of the molecule is COc1cc2c(cc1OC)C(=CC(C)Nc1ccc(N(C)C(=O)N(C)C)cc1)C(=O)N2. The van der Waals surface area contributed by atoms with Gasteiger partial charge in [0.25, 0.3) is 5.91 Å². The number of hydrogen-bond acceptors (Lipinski definition) is 5. The summed E-state index contributed by atoms with van der Waals surface area (Å²) in [7, 11) is 8.29. The minimum atomic E-state index is -0.168. The van der Waals surface area contributed by atoms with Gasteiger partial charge >= 0.3 is 6.03 Å². The van der Waals surface area contributed by atoms with Crippen molar-refractivity contribution in [2.75, 3.05) is 50.9 Å². The quantitative estimate of drug-likeness (QED) is 0.692. The molecular formula is C23H28N4O4. The zero-order valence-corrected chi connectivity index (χ0v) is 18.6. The van der Waals surface area contributed by atoms with Crippen molar-refractivity contribution in [2.45, 2.75) is 13.0 Å². The predicted octanol–water partition coefficient (Wildman–Crippen LogP) is 3.66. The average molecular weight is 425 g/mol. The molecule has 164 valence electrons. The number of carbonyl (C=O) groups excluding carboxylic acids is 2. The highest BCUT2D eigenvalue weighted by molar-refractivity contribution is 6.31. The smallest absolute Gasteiger partial charge is 0.323 e. The third-order valence-electron chi connectivity index (χ3n) is 5.04. The van der Waals surface area contributed by atoms with Crippen molar-refractivity contribution < 1.29 is 19.1 Å². The number of benzene rings is 2. The topological polar surface area (TPSA) is 83.1 Å². The molecule has 1 heterocycles. The summed E-state index contributed by atoms with van der Waals surface area (Å²) in [6.45, 7) is 1.97. The van der Waals surface area contributed by atoms with Crippen LogP contribution in [0.3, 0.4) is 0 Å². The van der Waals surface area contributed by atoms with Gasteiger partial charge < -0.3 is 25.0 Å². The summed E-state index contributed by atoms with van der Waals surface area (Å²) in [4.78, 5) is 27.7. The lowest BCUT2D eigenvalue weighted by atomic mass is 10.0. The molecule has 8 heteroatoms. The van der Waals surface area contributed by atoms with E-state index in [1.807, 2.05) is 37.3 Å². The fourth-order valence-electron chi connectivity index (χ4n) is 3.43. The Hall–Kier alpha value is -3.68. The molecule has 3 amide bonds. The highest BCUT2D eigenvalue weighted by Gasteiger charge is 2.27. The van der Waals surface area contributed by atoms with Crippen LogP contribution >= 0.6 is 0 Å². The molecule has 8 nitrogen and oxygen atoms in total. The van der Waals surface area contributed by atoms with Crippen LogP contribution in [0.2, 0.25) is 0 Å². The fourth-order valence-corrected chi connectivity index (χ4v) is 3.43. The van der Waals surface area contributed by atoms with Crippen LogP contribution in [-0.2, 0) is 4.79 Å². The Morgan fingerprint density at radius 1 is 1.06 bits per heavy atom. The van der Waals surface area contributed by atoms with Crippen molar-refractivity contribution in [3.05, 3.63) is 48.0 Å². The number of rotatable bonds is 6. The van der Waals surface area contributed by atoms with E-state index < -0.39 is 0 Å². The molecule has 0 bridgehead atoms. The Labute approximate surface area is 182 Å². The van der Waals surface area contributed by atoms with Crippen molar-refractivity contribution in [1.29, 1.82) is 0 Å². The van der Waals surface area contributed by atoms with E-state index in [1.165, 1.54) is 4.90 Å². The van der Waals surface area contributed by atoms with E-state index in [0.29, 0.717) is 22.8 Å². The van der Waals surface area contributed by atoms with Crippen LogP contribution in [-0.4, -0.2) is 58.2 Å². The van der Waals surface area contributed by atoms with Crippen molar-refractivity contribution >= 4 is 34.6 Å². The summed E-state index contributed by atoms with van der Waals surface area (Å²) in [5, 5.41) is 6.23. The zero-order valence-electron chi connectivity index (χ0n) is 18.6. The van der Waals surface area contributed by atoms with Crippen LogP contribution < -0.4 is 25.0 Å². The lowest BCUT2D eigenvalue weighted by Crippen LogP contribution is -2.36. The van der Waals surface area contributed by atoms with E-state index >= 15 is 0 Å². The lowest BCUT2D eigenvalue weighted by molar-refractivity contribution is -0.110. The normalized spacial score (nSPS) is 14.5. The zero-order chi connectivity index (χ0) is 22.7. The van der Waals surface area contributed by atoms with Gasteiger partial charge in [0.2, 0.25) is 0 Å². The first-order valence-electron chi connectivity index (χ1n) is 9.86. The molecule has 1 unspecified atom stereocenters. The molecule has 0 aromatic heterocycles. The van der Waals surface area contributed by atoms with Crippen molar-refractivity contribution in [3.8, 4) is 11.5 Å². The van der Waals surface area contributed by atoms with Gasteiger partial charge in [-0.2, -0.15) is 0 Å². The maximum Gasteiger partial charge on any atom is 0.323 e. The van der Waals surface area contributed by atoms with Gasteiger partial charge in [-0.05, 0) is 43.3 Å². The Morgan fingerprint density at radius 2 is 1.68 bits per heavy atom. The maximum atomic E-state index is 12.5. The first-order chi connectivity index (χ1) is 14.7. The molecule has 3 rings (SSSR count). The minimum Gasteiger partial charge on any atom is -0.493 e. The number of ether oxygens (including phenoxy) is 2. The molecule has 2 N–H and O–H groups in total. The largest absolute Gasteiger partial charge is 0.493 e. The van der Waals surface area contributed by atoms with Crippen LogP contribution in [0, 0.1) is 0 Å². The molecule has 0 saturated heterocycles. The van der Waals surface area contributed by atoms with E-state index in [2.05, 4.69) is 10.6 Å². The van der Waals surface area contributed by atoms with Gasteiger partial charge in [0.05, 0.1) is 19.9 Å². The van der Waals surface area contributed by atoms with Crippen LogP contribution in [0.4, 0.5) is 21.9 Å². The number of urea groups is 1. The summed E-state index contributed by atoms with van der Waals surface area (Å²) in [5.41, 5.74) is 3.71. The third-order valence-corrected chi connectivity index (χ3v) is 5.04. The number of amides is 3. The van der Waals surface area contributed by atoms with Crippen molar-refractivity contribution in [2.24, 2.45) is 0 Å². The molecular weight excluding hydrogens is 396 g/mol. The first kappa shape index (κ1) is 22.0. The van der Waals surface area contributed by atoms with Crippen LogP contribution in [0.1, 0.15) is 12.5 Å². The Morgan fingerprint density at radius 3 is 2.26 bits per heavy atom. The molecule has 0 spiro atoms. The van der Waals surface area contributed by atoms with E-state index in [0.717, 1.165) is 16.9 Å². The molecule has 2 aromatic carbocycles. The van der Waals surface area contributed by atoms with Crippen molar-refractivity contribution in [1.82, 2.24) is 4.90 Å². The monoisotopic (exact) mass is 424 g/mol. The highest BCUT2D eigenvalue weighted by Crippen LogP contribution is 2.40. The van der Waals surface area contributed by atoms with Crippen molar-refractivity contribution in [3.63, 3.8) is 0 Å². The Balaban J connectivity index is 1.77. The molecule has 0 fully saturated rings. The standard InChI is InChI=1S/C23H28N4O4/c1-14(24-15-7-9-16(10-8-15)27(4)23(29)26(2)3)11-18-17-12-20(30-5)21(31-6)13-19(17)25-22(18)28/h7-14,24H,1-6H3,(H,25,28). The van der Waals surface area contributed by atoms with Crippen LogP contribution in [0.15, 0.2) is 42.5 Å². The molecule has 1 atom stereocenters. The number of nitrogens with zero attached hydrogens (tertiary/aromatic N) is 2. The molecule has 1 aliphatic heterocycles.